The van der Waals surface area contributed by atoms with Crippen molar-refractivity contribution in [2.45, 2.75) is 19.3 Å². The number of likely N-dealkylation sites (tertiary alicyclic amines) is 1. The summed E-state index contributed by atoms with van der Waals surface area (Å²) in [5, 5.41) is 19.9. The van der Waals surface area contributed by atoms with Crippen molar-refractivity contribution >= 4 is 16.8 Å². The molecule has 158 valence electrons. The molecule has 0 unspecified atom stereocenters. The van der Waals surface area contributed by atoms with Crippen molar-refractivity contribution < 1.29 is 4.79 Å². The number of nitrogens with zero attached hydrogens (tertiary/aromatic N) is 5. The molecular formula is C23H25N7O. The van der Waals surface area contributed by atoms with E-state index < -0.39 is 0 Å². The maximum atomic E-state index is 12.4. The molecule has 0 spiro atoms. The minimum atomic E-state index is -0.0461. The van der Waals surface area contributed by atoms with Gasteiger partial charge in [-0.25, -0.2) is 4.68 Å². The van der Waals surface area contributed by atoms with E-state index in [0.717, 1.165) is 35.2 Å². The number of hydrogen-bond donors (Lipinski definition) is 2. The fourth-order valence-corrected chi connectivity index (χ4v) is 4.04. The minimum absolute atomic E-state index is 0.0461. The zero-order valence-corrected chi connectivity index (χ0v) is 17.3. The number of fused-ring (bicyclic) bond motifs is 1. The highest BCUT2D eigenvalue weighted by Gasteiger charge is 2.13. The van der Waals surface area contributed by atoms with Gasteiger partial charge in [0.05, 0.1) is 17.4 Å². The van der Waals surface area contributed by atoms with E-state index in [9.17, 15) is 4.79 Å². The van der Waals surface area contributed by atoms with Gasteiger partial charge in [-0.05, 0) is 69.2 Å². The van der Waals surface area contributed by atoms with Crippen LogP contribution in [0, 0.1) is 0 Å². The molecule has 0 bridgehead atoms. The van der Waals surface area contributed by atoms with Gasteiger partial charge < -0.3 is 10.2 Å². The monoisotopic (exact) mass is 415 g/mol. The zero-order valence-electron chi connectivity index (χ0n) is 17.3. The van der Waals surface area contributed by atoms with Gasteiger partial charge in [0.2, 0.25) is 0 Å². The molecule has 0 aliphatic carbocycles. The fourth-order valence-electron chi connectivity index (χ4n) is 4.04. The van der Waals surface area contributed by atoms with Crippen LogP contribution in [0.5, 0.6) is 0 Å². The average molecular weight is 416 g/mol. The Morgan fingerprint density at radius 3 is 2.71 bits per heavy atom. The number of carbonyl (C=O) groups excluding carboxylic acids is 1. The minimum Gasteiger partial charge on any atom is -0.352 e. The molecule has 1 saturated heterocycles. The molecule has 0 radical (unpaired) electrons. The molecule has 3 heterocycles. The van der Waals surface area contributed by atoms with Gasteiger partial charge >= 0.3 is 0 Å². The first kappa shape index (κ1) is 19.4. The van der Waals surface area contributed by atoms with Crippen molar-refractivity contribution in [3.8, 4) is 17.1 Å². The number of nitrogens with one attached hydrogen (secondary N) is 2. The maximum Gasteiger partial charge on any atom is 0.251 e. The summed E-state index contributed by atoms with van der Waals surface area (Å²) in [5.41, 5.74) is 3.90. The van der Waals surface area contributed by atoms with Crippen LogP contribution in [0.4, 0.5) is 0 Å². The van der Waals surface area contributed by atoms with E-state index in [4.69, 9.17) is 0 Å². The molecule has 2 N–H and O–H groups in total. The third-order valence-corrected chi connectivity index (χ3v) is 5.74. The van der Waals surface area contributed by atoms with Crippen LogP contribution < -0.4 is 5.32 Å². The highest BCUT2D eigenvalue weighted by atomic mass is 16.1. The first-order chi connectivity index (χ1) is 15.3. The molecule has 4 aromatic rings. The second-order valence-corrected chi connectivity index (χ2v) is 7.87. The molecule has 0 saturated carbocycles. The quantitative estimate of drug-likeness (QED) is 0.453. The summed E-state index contributed by atoms with van der Waals surface area (Å²) in [5.74, 6) is -0.0461. The predicted octanol–water partition coefficient (Wildman–Crippen LogP) is 3.03. The van der Waals surface area contributed by atoms with Gasteiger partial charge in [-0.1, -0.05) is 23.4 Å². The van der Waals surface area contributed by atoms with Gasteiger partial charge in [0.15, 0.2) is 0 Å². The number of hydrogen-bond acceptors (Lipinski definition) is 5. The molecular weight excluding hydrogens is 390 g/mol. The van der Waals surface area contributed by atoms with E-state index in [2.05, 4.69) is 30.7 Å². The Kier molecular flexibility index (Phi) is 5.45. The highest BCUT2D eigenvalue weighted by Crippen LogP contribution is 2.24. The third-order valence-electron chi connectivity index (χ3n) is 5.74. The SMILES string of the molecule is O=C(NCCCN1CCCC1)c1ccc(-n2cc(-c3n[nH]c4ccccc34)nn2)cc1. The maximum absolute atomic E-state index is 12.4. The number of aromatic amines is 1. The van der Waals surface area contributed by atoms with E-state index in [1.54, 1.807) is 4.68 Å². The van der Waals surface area contributed by atoms with Crippen LogP contribution in [0.2, 0.25) is 0 Å². The molecule has 2 aromatic carbocycles. The number of carbonyl (C=O) groups is 1. The fraction of sp³-hybridized carbons (Fsp3) is 0.304. The normalized spacial score (nSPS) is 14.3. The molecule has 8 nitrogen and oxygen atoms in total. The lowest BCUT2D eigenvalue weighted by molar-refractivity contribution is 0.0952. The molecule has 1 aliphatic rings. The van der Waals surface area contributed by atoms with Crippen LogP contribution in [0.3, 0.4) is 0 Å². The summed E-state index contributed by atoms with van der Waals surface area (Å²) in [6.07, 6.45) is 5.41. The van der Waals surface area contributed by atoms with Gasteiger partial charge in [-0.3, -0.25) is 9.89 Å². The largest absolute Gasteiger partial charge is 0.352 e. The summed E-state index contributed by atoms with van der Waals surface area (Å²) < 4.78 is 1.69. The first-order valence-corrected chi connectivity index (χ1v) is 10.7. The molecule has 2 aromatic heterocycles. The van der Waals surface area contributed by atoms with Crippen molar-refractivity contribution in [2.75, 3.05) is 26.2 Å². The Bertz CT molecular complexity index is 1170. The molecule has 1 aliphatic heterocycles. The molecule has 1 fully saturated rings. The topological polar surface area (TPSA) is 91.7 Å². The van der Waals surface area contributed by atoms with Crippen LogP contribution in [0.25, 0.3) is 28.0 Å². The van der Waals surface area contributed by atoms with E-state index in [1.807, 2.05) is 54.7 Å². The van der Waals surface area contributed by atoms with Crippen molar-refractivity contribution in [2.24, 2.45) is 0 Å². The van der Waals surface area contributed by atoms with Crippen LogP contribution in [0.15, 0.2) is 54.7 Å². The van der Waals surface area contributed by atoms with Crippen LogP contribution in [-0.4, -0.2) is 62.2 Å². The van der Waals surface area contributed by atoms with Crippen LogP contribution in [0.1, 0.15) is 29.6 Å². The van der Waals surface area contributed by atoms with Crippen molar-refractivity contribution in [3.05, 3.63) is 60.3 Å². The lowest BCUT2D eigenvalue weighted by Gasteiger charge is -2.14. The Balaban J connectivity index is 1.21. The Morgan fingerprint density at radius 1 is 1.06 bits per heavy atom. The lowest BCUT2D eigenvalue weighted by Crippen LogP contribution is -2.28. The van der Waals surface area contributed by atoms with Gasteiger partial charge in [0, 0.05) is 17.5 Å². The number of H-pyrrole nitrogens is 1. The predicted molar refractivity (Wildman–Crippen MR) is 119 cm³/mol. The molecule has 5 rings (SSSR count). The summed E-state index contributed by atoms with van der Waals surface area (Å²) in [6, 6.07) is 15.3. The Hall–Kier alpha value is -3.52. The van der Waals surface area contributed by atoms with Crippen LogP contribution in [-0.2, 0) is 0 Å². The molecule has 1 amide bonds. The van der Waals surface area contributed by atoms with Gasteiger partial charge in [0.1, 0.15) is 11.4 Å². The van der Waals surface area contributed by atoms with E-state index in [0.29, 0.717) is 17.8 Å². The van der Waals surface area contributed by atoms with Crippen molar-refractivity contribution in [3.63, 3.8) is 0 Å². The number of benzene rings is 2. The number of amides is 1. The van der Waals surface area contributed by atoms with Gasteiger partial charge in [-0.15, -0.1) is 5.10 Å². The number of rotatable bonds is 7. The van der Waals surface area contributed by atoms with E-state index in [-0.39, 0.29) is 5.91 Å². The number of para-hydroxylation sites is 1. The molecule has 31 heavy (non-hydrogen) atoms. The van der Waals surface area contributed by atoms with Gasteiger partial charge in [-0.2, -0.15) is 5.10 Å². The summed E-state index contributed by atoms with van der Waals surface area (Å²) >= 11 is 0. The Labute approximate surface area is 180 Å². The standard InChI is InChI=1S/C23H25N7O/c31-23(24-12-5-15-29-13-3-4-14-29)17-8-10-18(11-9-17)30-16-21(26-28-30)22-19-6-1-2-7-20(19)25-27-22/h1-2,6-11,16H,3-5,12-15H2,(H,24,31)(H,25,27). The highest BCUT2D eigenvalue weighted by molar-refractivity contribution is 5.94. The zero-order chi connectivity index (χ0) is 21.0. The summed E-state index contributed by atoms with van der Waals surface area (Å²) in [7, 11) is 0. The van der Waals surface area contributed by atoms with E-state index >= 15 is 0 Å². The summed E-state index contributed by atoms with van der Waals surface area (Å²) in [4.78, 5) is 14.9. The van der Waals surface area contributed by atoms with Gasteiger partial charge in [0.25, 0.3) is 5.91 Å². The second-order valence-electron chi connectivity index (χ2n) is 7.87. The van der Waals surface area contributed by atoms with Crippen LogP contribution >= 0.6 is 0 Å². The number of aromatic nitrogens is 5. The van der Waals surface area contributed by atoms with Crippen molar-refractivity contribution in [1.29, 1.82) is 0 Å². The van der Waals surface area contributed by atoms with E-state index in [1.165, 1.54) is 25.9 Å². The summed E-state index contributed by atoms with van der Waals surface area (Å²) in [6.45, 7) is 4.13. The first-order valence-electron chi connectivity index (χ1n) is 10.7. The molecule has 8 heteroatoms. The average Bonchev–Trinajstić information content (AvgIpc) is 3.57. The molecule has 0 atom stereocenters. The Morgan fingerprint density at radius 2 is 1.87 bits per heavy atom. The second kappa shape index (κ2) is 8.69. The lowest BCUT2D eigenvalue weighted by atomic mass is 10.2. The smallest absolute Gasteiger partial charge is 0.251 e. The third kappa shape index (κ3) is 4.20. The van der Waals surface area contributed by atoms with Crippen molar-refractivity contribution in [1.82, 2.24) is 35.4 Å².